The Morgan fingerprint density at radius 1 is 0.571 bits per heavy atom. The highest BCUT2D eigenvalue weighted by atomic mass is 32.1. The highest BCUT2D eigenvalue weighted by molar-refractivity contribution is 7.80. The predicted molar refractivity (Wildman–Crippen MR) is 343 cm³/mol. The van der Waals surface area contributed by atoms with Gasteiger partial charge in [0.25, 0.3) is 0 Å². The van der Waals surface area contributed by atoms with Crippen LogP contribution in [0.15, 0.2) is 24.3 Å². The number of hydrogen-bond donors (Lipinski definition) is 20. The van der Waals surface area contributed by atoms with Crippen LogP contribution in [0.5, 0.6) is 5.75 Å². The lowest BCUT2D eigenvalue weighted by atomic mass is 9.99. The van der Waals surface area contributed by atoms with E-state index in [9.17, 15) is 77.3 Å². The van der Waals surface area contributed by atoms with Crippen LogP contribution in [0.25, 0.3) is 0 Å². The fraction of sp³-hybridized carbons (Fsp3) is 0.636. The van der Waals surface area contributed by atoms with E-state index in [1.807, 2.05) is 6.92 Å². The number of nitrogens with one attached hydrogen (secondary N) is 10. The quantitative estimate of drug-likeness (QED) is 0.0216. The van der Waals surface area contributed by atoms with Crippen LogP contribution in [-0.2, 0) is 73.5 Å². The molecule has 13 atom stereocenters. The number of phenols is 1. The number of carbonyl (C=O) groups excluding carboxylic acids is 14. The lowest BCUT2D eigenvalue weighted by molar-refractivity contribution is -0.143. The monoisotopic (exact) mass is 1360 g/mol. The number of phenolic OH excluding ortho intramolecular Hbond substituents is 1. The van der Waals surface area contributed by atoms with Gasteiger partial charge in [0.05, 0.1) is 25.6 Å². The molecule has 14 amide bonds. The van der Waals surface area contributed by atoms with Crippen molar-refractivity contribution in [3.63, 3.8) is 0 Å². The van der Waals surface area contributed by atoms with Crippen LogP contribution in [0.2, 0.25) is 0 Å². The van der Waals surface area contributed by atoms with Crippen LogP contribution in [0.3, 0.4) is 0 Å². The lowest BCUT2D eigenvalue weighted by Gasteiger charge is -2.30. The molecular formula is C55H88N16O16S4. The molecule has 36 heteroatoms. The van der Waals surface area contributed by atoms with Gasteiger partial charge in [-0.1, -0.05) is 32.4 Å². The van der Waals surface area contributed by atoms with Gasteiger partial charge in [0, 0.05) is 42.5 Å². The van der Waals surface area contributed by atoms with Crippen molar-refractivity contribution in [2.24, 2.45) is 28.9 Å². The number of unbranched alkanes of at least 4 members (excludes halogenated alkanes) is 1. The number of nitrogens with zero attached hydrogens (tertiary/aromatic N) is 2. The molecule has 0 bridgehead atoms. The van der Waals surface area contributed by atoms with Gasteiger partial charge in [0.15, 0.2) is 0 Å². The second-order valence-electron chi connectivity index (χ2n) is 21.9. The summed E-state index contributed by atoms with van der Waals surface area (Å²) < 4.78 is 0. The van der Waals surface area contributed by atoms with E-state index in [2.05, 4.69) is 104 Å². The van der Waals surface area contributed by atoms with Crippen LogP contribution in [0.4, 0.5) is 0 Å². The standard InChI is InChI=1S/C55H88N16O16S4/c1-4-27(2)43(58)54(86)69-38(26-91)51(83)68-37(25-90)50(82)64-33(20-41(57)74)55(87)71-18-8-11-40(71)52(84)61-28(3)45(77)67-36(24-89)46(78)60-21-42(75)70-17-7-10-39(70)53(85)62-31(9-5-6-16-56)47(79)63-32(19-29-12-14-30(73)15-13-29)48(80)65-34(22-72)49(81)66-35(23-88)44(59)76/h12-15,27-28,31-40,43,72-73,88-91H,4-11,16-26,56,58H2,1-3H3,(H2,57,74)(H2,59,76)(H,60,78)(H,61,84)(H,62,85)(H,63,79)(H,64,82)(H,65,80)(H,66,81)(H,67,77)(H,68,83)(H,69,86). The molecule has 508 valence electrons. The molecule has 20 N–H and O–H groups in total. The smallest absolute Gasteiger partial charge is 0.246 e. The molecular weight excluding hydrogens is 1270 g/mol. The highest BCUT2D eigenvalue weighted by Crippen LogP contribution is 2.21. The average Bonchev–Trinajstić information content (AvgIpc) is 1.86. The molecule has 3 rings (SSSR count). The number of benzene rings is 1. The Morgan fingerprint density at radius 3 is 1.57 bits per heavy atom. The molecule has 2 heterocycles. The van der Waals surface area contributed by atoms with Gasteiger partial charge in [0.1, 0.15) is 72.2 Å². The van der Waals surface area contributed by atoms with Crippen LogP contribution in [0.1, 0.15) is 84.1 Å². The molecule has 2 aliphatic heterocycles. The van der Waals surface area contributed by atoms with Gasteiger partial charge >= 0.3 is 0 Å². The summed E-state index contributed by atoms with van der Waals surface area (Å²) in [6.45, 7) is 3.58. The van der Waals surface area contributed by atoms with E-state index < -0.39 is 175 Å². The van der Waals surface area contributed by atoms with E-state index in [0.717, 1.165) is 4.90 Å². The molecule has 1 aromatic rings. The summed E-state index contributed by atoms with van der Waals surface area (Å²) in [5, 5.41) is 44.6. The van der Waals surface area contributed by atoms with E-state index in [1.54, 1.807) is 6.92 Å². The van der Waals surface area contributed by atoms with Crippen molar-refractivity contribution < 1.29 is 77.3 Å². The third-order valence-electron chi connectivity index (χ3n) is 15.2. The largest absolute Gasteiger partial charge is 0.508 e. The molecule has 13 unspecified atom stereocenters. The molecule has 0 aliphatic carbocycles. The van der Waals surface area contributed by atoms with Crippen molar-refractivity contribution in [1.29, 1.82) is 0 Å². The third kappa shape index (κ3) is 24.5. The van der Waals surface area contributed by atoms with Gasteiger partial charge in [0.2, 0.25) is 82.7 Å². The summed E-state index contributed by atoms with van der Waals surface area (Å²) in [6, 6.07) is -10.3. The summed E-state index contributed by atoms with van der Waals surface area (Å²) in [6.07, 6.45) is 1.29. The number of amides is 14. The molecule has 0 spiro atoms. The molecule has 32 nitrogen and oxygen atoms in total. The van der Waals surface area contributed by atoms with Gasteiger partial charge in [-0.2, -0.15) is 50.5 Å². The zero-order valence-corrected chi connectivity index (χ0v) is 54.4. The first-order chi connectivity index (χ1) is 43.1. The van der Waals surface area contributed by atoms with Crippen molar-refractivity contribution in [1.82, 2.24) is 63.0 Å². The first kappa shape index (κ1) is 78.1. The van der Waals surface area contributed by atoms with Crippen LogP contribution < -0.4 is 76.1 Å². The van der Waals surface area contributed by atoms with Crippen molar-refractivity contribution in [2.75, 3.05) is 55.8 Å². The minimum atomic E-state index is -1.62. The van der Waals surface area contributed by atoms with Gasteiger partial charge in [-0.3, -0.25) is 67.1 Å². The van der Waals surface area contributed by atoms with Crippen LogP contribution in [0, 0.1) is 5.92 Å². The molecule has 0 radical (unpaired) electrons. The minimum absolute atomic E-state index is 0.0121. The Kier molecular flexibility index (Phi) is 33.8. The summed E-state index contributed by atoms with van der Waals surface area (Å²) in [7, 11) is 0. The number of rotatable bonds is 38. The van der Waals surface area contributed by atoms with Gasteiger partial charge in [-0.05, 0) is 82.0 Å². The number of aliphatic hydroxyl groups excluding tert-OH is 1. The average molecular weight is 1360 g/mol. The van der Waals surface area contributed by atoms with Gasteiger partial charge in [-0.15, -0.1) is 0 Å². The summed E-state index contributed by atoms with van der Waals surface area (Å²) in [5.74, 6) is -13.3. The Hall–Kier alpha value is -7.12. The van der Waals surface area contributed by atoms with Crippen molar-refractivity contribution in [3.05, 3.63) is 29.8 Å². The Bertz CT molecular complexity index is 2740. The maximum atomic E-state index is 14.1. The first-order valence-corrected chi connectivity index (χ1v) is 32.1. The molecule has 0 saturated carbocycles. The van der Waals surface area contributed by atoms with Crippen molar-refractivity contribution in [3.8, 4) is 5.75 Å². The topological polar surface area (TPSA) is 510 Å². The van der Waals surface area contributed by atoms with Crippen molar-refractivity contribution in [2.45, 2.75) is 157 Å². The molecule has 2 aliphatic rings. The summed E-state index contributed by atoms with van der Waals surface area (Å²) >= 11 is 16.5. The maximum Gasteiger partial charge on any atom is 0.246 e. The number of thiol groups is 4. The number of primary amides is 2. The lowest BCUT2D eigenvalue weighted by Crippen LogP contribution is -2.60. The van der Waals surface area contributed by atoms with Crippen LogP contribution in [-0.4, -0.2) is 231 Å². The molecule has 91 heavy (non-hydrogen) atoms. The molecule has 1 aromatic carbocycles. The van der Waals surface area contributed by atoms with E-state index in [-0.39, 0.29) is 86.4 Å². The van der Waals surface area contributed by atoms with Crippen molar-refractivity contribution >= 4 is 133 Å². The zero-order valence-electron chi connectivity index (χ0n) is 50.9. The Labute approximate surface area is 548 Å². The Balaban J connectivity index is 1.66. The van der Waals surface area contributed by atoms with Gasteiger partial charge < -0.3 is 96.1 Å². The van der Waals surface area contributed by atoms with E-state index >= 15 is 0 Å². The number of hydrogen-bond acceptors (Lipinski definition) is 22. The fourth-order valence-electron chi connectivity index (χ4n) is 9.53. The van der Waals surface area contributed by atoms with Crippen LogP contribution >= 0.6 is 50.5 Å². The third-order valence-corrected chi connectivity index (χ3v) is 16.6. The van der Waals surface area contributed by atoms with Gasteiger partial charge in [-0.25, -0.2) is 0 Å². The molecule has 0 aromatic heterocycles. The maximum absolute atomic E-state index is 14.1. The molecule has 2 fully saturated rings. The normalized spacial score (nSPS) is 18.1. The minimum Gasteiger partial charge on any atom is -0.508 e. The van der Waals surface area contributed by atoms with E-state index in [4.69, 9.17) is 22.9 Å². The Morgan fingerprint density at radius 2 is 1.03 bits per heavy atom. The fourth-order valence-corrected chi connectivity index (χ4v) is 10.6. The second-order valence-corrected chi connectivity index (χ2v) is 23.4. The summed E-state index contributed by atoms with van der Waals surface area (Å²) in [5.41, 5.74) is 22.9. The number of nitrogens with two attached hydrogens (primary N) is 4. The second kappa shape index (κ2) is 39.3. The number of aliphatic hydroxyl groups is 1. The number of carbonyl (C=O) groups is 14. The zero-order chi connectivity index (χ0) is 68.2. The number of aromatic hydroxyl groups is 1. The summed E-state index contributed by atoms with van der Waals surface area (Å²) in [4.78, 5) is 189. The predicted octanol–water partition coefficient (Wildman–Crippen LogP) is -7.01. The first-order valence-electron chi connectivity index (χ1n) is 29.6. The van der Waals surface area contributed by atoms with E-state index in [0.29, 0.717) is 31.2 Å². The SMILES string of the molecule is CCC(C)C(N)C(=O)NC(CS)C(=O)NC(CS)C(=O)NC(CC(N)=O)C(=O)N1CCCC1C(=O)NC(C)C(=O)NC(CS)C(=O)NCC(=O)N1CCCC1C(=O)NC(CCCCN)C(=O)NC(Cc1ccc(O)cc1)C(=O)NC(CO)C(=O)NC(CS)C(N)=O. The number of likely N-dealkylation sites (tertiary alicyclic amines) is 2. The van der Waals surface area contributed by atoms with E-state index in [1.165, 1.54) is 36.1 Å². The highest BCUT2D eigenvalue weighted by Gasteiger charge is 2.41. The molecule has 2 saturated heterocycles.